The van der Waals surface area contributed by atoms with Gasteiger partial charge in [0.1, 0.15) is 0 Å². The number of carbonyl (C=O) groups is 2. The zero-order valence-electron chi connectivity index (χ0n) is 12.9. The highest BCUT2D eigenvalue weighted by Gasteiger charge is 2.24. The zero-order valence-corrected chi connectivity index (χ0v) is 13.6. The van der Waals surface area contributed by atoms with Crippen LogP contribution < -0.4 is 10.6 Å². The number of aromatic nitrogens is 2. The number of rotatable bonds is 4. The molecule has 2 aromatic rings. The molecule has 1 saturated carbocycles. The number of anilines is 1. The number of aryl methyl sites for hydroxylation is 1. The zero-order chi connectivity index (χ0) is 16.6. The minimum atomic E-state index is -0.262. The highest BCUT2D eigenvalue weighted by Crippen LogP contribution is 2.24. The van der Waals surface area contributed by atoms with Crippen molar-refractivity contribution in [2.24, 2.45) is 7.05 Å². The SMILES string of the molecule is Cc1c(C(=O)Nc2ccc(C(=O)NC3CC3)c(Cl)c2)cnn1C. The van der Waals surface area contributed by atoms with Crippen LogP contribution in [0.5, 0.6) is 0 Å². The van der Waals surface area contributed by atoms with Crippen molar-refractivity contribution in [1.82, 2.24) is 15.1 Å². The van der Waals surface area contributed by atoms with E-state index in [2.05, 4.69) is 15.7 Å². The van der Waals surface area contributed by atoms with Crippen LogP contribution in [0.3, 0.4) is 0 Å². The molecule has 7 heteroatoms. The lowest BCUT2D eigenvalue weighted by Gasteiger charge is -2.09. The monoisotopic (exact) mass is 332 g/mol. The van der Waals surface area contributed by atoms with Crippen LogP contribution in [-0.2, 0) is 7.05 Å². The molecule has 1 aliphatic carbocycles. The molecule has 0 bridgehead atoms. The Labute approximate surface area is 138 Å². The minimum Gasteiger partial charge on any atom is -0.349 e. The van der Waals surface area contributed by atoms with Gasteiger partial charge in [-0.25, -0.2) is 0 Å². The maximum Gasteiger partial charge on any atom is 0.259 e. The van der Waals surface area contributed by atoms with E-state index in [0.29, 0.717) is 21.8 Å². The van der Waals surface area contributed by atoms with Gasteiger partial charge in [-0.15, -0.1) is 0 Å². The molecule has 2 N–H and O–H groups in total. The molecule has 0 unspecified atom stereocenters. The van der Waals surface area contributed by atoms with Gasteiger partial charge in [0.25, 0.3) is 11.8 Å². The van der Waals surface area contributed by atoms with Gasteiger partial charge in [0.2, 0.25) is 0 Å². The molecular formula is C16H17ClN4O2. The Morgan fingerprint density at radius 2 is 2.00 bits per heavy atom. The van der Waals surface area contributed by atoms with Gasteiger partial charge in [0, 0.05) is 24.5 Å². The Kier molecular flexibility index (Phi) is 4.09. The Hall–Kier alpha value is -2.34. The third kappa shape index (κ3) is 3.37. The standard InChI is InChI=1S/C16H17ClN4O2/c1-9-13(8-18-21(9)2)16(23)20-11-5-6-12(14(17)7-11)15(22)19-10-3-4-10/h5-8,10H,3-4H2,1-2H3,(H,19,22)(H,20,23). The highest BCUT2D eigenvalue weighted by molar-refractivity contribution is 6.34. The first-order valence-corrected chi connectivity index (χ1v) is 7.74. The maximum atomic E-state index is 12.2. The van der Waals surface area contributed by atoms with Crippen LogP contribution in [-0.4, -0.2) is 27.6 Å². The molecule has 1 aromatic heterocycles. The van der Waals surface area contributed by atoms with Gasteiger partial charge in [-0.05, 0) is 38.0 Å². The topological polar surface area (TPSA) is 76.0 Å². The maximum absolute atomic E-state index is 12.2. The van der Waals surface area contributed by atoms with Crippen molar-refractivity contribution in [2.45, 2.75) is 25.8 Å². The smallest absolute Gasteiger partial charge is 0.259 e. The largest absolute Gasteiger partial charge is 0.349 e. The lowest BCUT2D eigenvalue weighted by molar-refractivity contribution is 0.0950. The van der Waals surface area contributed by atoms with E-state index in [1.165, 1.54) is 6.20 Å². The quantitative estimate of drug-likeness (QED) is 0.903. The molecule has 2 amide bonds. The lowest BCUT2D eigenvalue weighted by atomic mass is 10.1. The van der Waals surface area contributed by atoms with Gasteiger partial charge in [0.15, 0.2) is 0 Å². The summed E-state index contributed by atoms with van der Waals surface area (Å²) < 4.78 is 1.63. The molecule has 1 aromatic carbocycles. The number of halogens is 1. The van der Waals surface area contributed by atoms with Gasteiger partial charge in [-0.1, -0.05) is 11.6 Å². The first-order chi connectivity index (χ1) is 11.0. The number of nitrogens with zero attached hydrogens (tertiary/aromatic N) is 2. The van der Waals surface area contributed by atoms with Crippen LogP contribution in [0.1, 0.15) is 39.3 Å². The summed E-state index contributed by atoms with van der Waals surface area (Å²) in [4.78, 5) is 24.3. The summed E-state index contributed by atoms with van der Waals surface area (Å²) in [5.41, 5.74) is 2.22. The van der Waals surface area contributed by atoms with E-state index in [0.717, 1.165) is 18.5 Å². The van der Waals surface area contributed by atoms with Crippen LogP contribution in [0.15, 0.2) is 24.4 Å². The average molecular weight is 333 g/mol. The van der Waals surface area contributed by atoms with E-state index < -0.39 is 0 Å². The average Bonchev–Trinajstić information content (AvgIpc) is 3.24. The summed E-state index contributed by atoms with van der Waals surface area (Å²) in [5, 5.41) is 10.0. The van der Waals surface area contributed by atoms with E-state index in [1.54, 1.807) is 29.9 Å². The molecule has 1 aliphatic rings. The van der Waals surface area contributed by atoms with E-state index in [1.807, 2.05) is 6.92 Å². The molecule has 0 aliphatic heterocycles. The van der Waals surface area contributed by atoms with Gasteiger partial charge >= 0.3 is 0 Å². The molecule has 23 heavy (non-hydrogen) atoms. The number of benzene rings is 1. The molecule has 6 nitrogen and oxygen atoms in total. The van der Waals surface area contributed by atoms with Gasteiger partial charge in [0.05, 0.1) is 22.3 Å². The van der Waals surface area contributed by atoms with Crippen LogP contribution in [0, 0.1) is 6.92 Å². The summed E-state index contributed by atoms with van der Waals surface area (Å²) in [7, 11) is 1.77. The highest BCUT2D eigenvalue weighted by atomic mass is 35.5. The second kappa shape index (κ2) is 6.04. The van der Waals surface area contributed by atoms with Crippen LogP contribution in [0.4, 0.5) is 5.69 Å². The molecular weight excluding hydrogens is 316 g/mol. The predicted octanol–water partition coefficient (Wildman–Crippen LogP) is 2.53. The van der Waals surface area contributed by atoms with Gasteiger partial charge < -0.3 is 10.6 Å². The number of hydrogen-bond donors (Lipinski definition) is 2. The summed E-state index contributed by atoms with van der Waals surface area (Å²) >= 11 is 6.16. The summed E-state index contributed by atoms with van der Waals surface area (Å²) in [6, 6.07) is 5.13. The van der Waals surface area contributed by atoms with E-state index in [4.69, 9.17) is 11.6 Å². The Bertz CT molecular complexity index is 780. The third-order valence-corrected chi connectivity index (χ3v) is 4.18. The predicted molar refractivity (Wildman–Crippen MR) is 87.8 cm³/mol. The Morgan fingerprint density at radius 3 is 2.57 bits per heavy atom. The van der Waals surface area contributed by atoms with E-state index in [-0.39, 0.29) is 17.9 Å². The van der Waals surface area contributed by atoms with Gasteiger partial charge in [-0.3, -0.25) is 14.3 Å². The minimum absolute atomic E-state index is 0.182. The normalized spacial score (nSPS) is 13.7. The van der Waals surface area contributed by atoms with Crippen molar-refractivity contribution >= 4 is 29.1 Å². The third-order valence-electron chi connectivity index (χ3n) is 3.86. The molecule has 0 atom stereocenters. The second-order valence-corrected chi connectivity index (χ2v) is 6.07. The van der Waals surface area contributed by atoms with E-state index >= 15 is 0 Å². The van der Waals surface area contributed by atoms with Crippen LogP contribution >= 0.6 is 11.6 Å². The van der Waals surface area contributed by atoms with Gasteiger partial charge in [-0.2, -0.15) is 5.10 Å². The number of carbonyl (C=O) groups excluding carboxylic acids is 2. The molecule has 1 heterocycles. The van der Waals surface area contributed by atoms with Crippen molar-refractivity contribution in [3.8, 4) is 0 Å². The van der Waals surface area contributed by atoms with Crippen molar-refractivity contribution in [3.63, 3.8) is 0 Å². The fourth-order valence-electron chi connectivity index (χ4n) is 2.19. The Balaban J connectivity index is 1.73. The first kappa shape index (κ1) is 15.6. The summed E-state index contributed by atoms with van der Waals surface area (Å²) in [6.45, 7) is 1.82. The number of nitrogens with one attached hydrogen (secondary N) is 2. The fraction of sp³-hybridized carbons (Fsp3) is 0.312. The fourth-order valence-corrected chi connectivity index (χ4v) is 2.45. The van der Waals surface area contributed by atoms with E-state index in [9.17, 15) is 9.59 Å². The van der Waals surface area contributed by atoms with Crippen LogP contribution in [0.2, 0.25) is 5.02 Å². The molecule has 0 spiro atoms. The van der Waals surface area contributed by atoms with Crippen molar-refractivity contribution < 1.29 is 9.59 Å². The number of amides is 2. The molecule has 0 saturated heterocycles. The summed E-state index contributed by atoms with van der Waals surface area (Å²) in [6.07, 6.45) is 3.55. The first-order valence-electron chi connectivity index (χ1n) is 7.36. The van der Waals surface area contributed by atoms with Crippen molar-refractivity contribution in [1.29, 1.82) is 0 Å². The molecule has 0 radical (unpaired) electrons. The summed E-state index contributed by atoms with van der Waals surface area (Å²) in [5.74, 6) is -0.444. The van der Waals surface area contributed by atoms with Crippen LogP contribution in [0.25, 0.3) is 0 Å². The number of hydrogen-bond acceptors (Lipinski definition) is 3. The lowest BCUT2D eigenvalue weighted by Crippen LogP contribution is -2.25. The van der Waals surface area contributed by atoms with Crippen molar-refractivity contribution in [2.75, 3.05) is 5.32 Å². The molecule has 3 rings (SSSR count). The molecule has 1 fully saturated rings. The Morgan fingerprint density at radius 1 is 1.26 bits per heavy atom. The second-order valence-electron chi connectivity index (χ2n) is 5.66. The molecule has 120 valence electrons. The van der Waals surface area contributed by atoms with Crippen molar-refractivity contribution in [3.05, 3.63) is 46.2 Å².